The van der Waals surface area contributed by atoms with Crippen molar-refractivity contribution in [3.63, 3.8) is 0 Å². The highest BCUT2D eigenvalue weighted by Crippen LogP contribution is 2.07. The Labute approximate surface area is 135 Å². The molecule has 1 atom stereocenters. The Morgan fingerprint density at radius 1 is 1.30 bits per heavy atom. The van der Waals surface area contributed by atoms with Gasteiger partial charge in [0, 0.05) is 24.6 Å². The summed E-state index contributed by atoms with van der Waals surface area (Å²) in [5.74, 6) is -0.508. The molecule has 6 N–H and O–H groups in total. The van der Waals surface area contributed by atoms with Gasteiger partial charge >= 0.3 is 5.97 Å². The van der Waals surface area contributed by atoms with Crippen molar-refractivity contribution in [2.45, 2.75) is 32.2 Å². The molecule has 7 heteroatoms. The van der Waals surface area contributed by atoms with Crippen LogP contribution in [0.1, 0.15) is 30.9 Å². The molecule has 7 nitrogen and oxygen atoms in total. The molecule has 0 heterocycles. The molecule has 23 heavy (non-hydrogen) atoms. The van der Waals surface area contributed by atoms with Crippen LogP contribution in [0.3, 0.4) is 0 Å². The third-order valence-electron chi connectivity index (χ3n) is 3.17. The standard InChI is InChI=1S/C16H24N4O3/c1-2-23-15(22)7-8-20-14(21)10-13(17)9-11-3-5-12(6-4-11)16(18)19/h3-6,13H,2,7-10,17H2,1H3,(H3,18,19)(H,20,21). The first-order chi connectivity index (χ1) is 10.9. The molecule has 0 aromatic heterocycles. The van der Waals surface area contributed by atoms with Crippen LogP contribution in [0.5, 0.6) is 0 Å². The number of amidine groups is 1. The maximum atomic E-state index is 11.7. The number of esters is 1. The monoisotopic (exact) mass is 320 g/mol. The molecule has 0 aliphatic heterocycles. The quantitative estimate of drug-likeness (QED) is 0.295. The van der Waals surface area contributed by atoms with Crippen LogP contribution in [0.15, 0.2) is 24.3 Å². The van der Waals surface area contributed by atoms with E-state index in [1.54, 1.807) is 19.1 Å². The van der Waals surface area contributed by atoms with Crippen molar-refractivity contribution >= 4 is 17.7 Å². The van der Waals surface area contributed by atoms with Crippen molar-refractivity contribution < 1.29 is 14.3 Å². The molecule has 0 fully saturated rings. The van der Waals surface area contributed by atoms with E-state index in [0.29, 0.717) is 18.6 Å². The van der Waals surface area contributed by atoms with E-state index in [2.05, 4.69) is 5.32 Å². The van der Waals surface area contributed by atoms with Gasteiger partial charge in [0.15, 0.2) is 0 Å². The van der Waals surface area contributed by atoms with Gasteiger partial charge in [-0.2, -0.15) is 0 Å². The van der Waals surface area contributed by atoms with Crippen LogP contribution >= 0.6 is 0 Å². The second kappa shape index (κ2) is 9.58. The predicted octanol–water partition coefficient (Wildman–Crippen LogP) is 0.300. The lowest BCUT2D eigenvalue weighted by Gasteiger charge is -2.12. The number of hydrogen-bond donors (Lipinski definition) is 4. The van der Waals surface area contributed by atoms with E-state index in [4.69, 9.17) is 21.6 Å². The van der Waals surface area contributed by atoms with Gasteiger partial charge in [-0.1, -0.05) is 24.3 Å². The Hall–Kier alpha value is -2.41. The van der Waals surface area contributed by atoms with E-state index < -0.39 is 0 Å². The van der Waals surface area contributed by atoms with Crippen LogP contribution in [0.25, 0.3) is 0 Å². The third-order valence-corrected chi connectivity index (χ3v) is 3.17. The number of nitrogens with one attached hydrogen (secondary N) is 2. The lowest BCUT2D eigenvalue weighted by molar-refractivity contribution is -0.143. The van der Waals surface area contributed by atoms with E-state index in [1.807, 2.05) is 12.1 Å². The van der Waals surface area contributed by atoms with Gasteiger partial charge < -0.3 is 21.5 Å². The lowest BCUT2D eigenvalue weighted by Crippen LogP contribution is -2.34. The highest BCUT2D eigenvalue weighted by molar-refractivity contribution is 5.94. The van der Waals surface area contributed by atoms with Gasteiger partial charge in [-0.25, -0.2) is 0 Å². The second-order valence-corrected chi connectivity index (χ2v) is 5.18. The Balaban J connectivity index is 2.32. The molecule has 126 valence electrons. The number of carbonyl (C=O) groups is 2. The minimum Gasteiger partial charge on any atom is -0.466 e. The summed E-state index contributed by atoms with van der Waals surface area (Å²) in [7, 11) is 0. The van der Waals surface area contributed by atoms with Crippen LogP contribution < -0.4 is 16.8 Å². The van der Waals surface area contributed by atoms with Crippen molar-refractivity contribution in [3.8, 4) is 0 Å². The molecule has 1 unspecified atom stereocenters. The number of benzene rings is 1. The van der Waals surface area contributed by atoms with E-state index in [-0.39, 0.29) is 43.1 Å². The maximum Gasteiger partial charge on any atom is 0.307 e. The molecule has 1 rings (SSSR count). The topological polar surface area (TPSA) is 131 Å². The number of nitrogens with two attached hydrogens (primary N) is 2. The first-order valence-corrected chi connectivity index (χ1v) is 7.53. The summed E-state index contributed by atoms with van der Waals surface area (Å²) >= 11 is 0. The molecule has 1 amide bonds. The largest absolute Gasteiger partial charge is 0.466 e. The van der Waals surface area contributed by atoms with Crippen molar-refractivity contribution in [1.29, 1.82) is 5.41 Å². The fraction of sp³-hybridized carbons (Fsp3) is 0.438. The van der Waals surface area contributed by atoms with Gasteiger partial charge in [-0.3, -0.25) is 15.0 Å². The lowest BCUT2D eigenvalue weighted by atomic mass is 10.0. The van der Waals surface area contributed by atoms with Crippen LogP contribution in [0.2, 0.25) is 0 Å². The molecular weight excluding hydrogens is 296 g/mol. The molecule has 0 saturated carbocycles. The molecular formula is C16H24N4O3. The molecule has 0 saturated heterocycles. The average molecular weight is 320 g/mol. The van der Waals surface area contributed by atoms with Crippen LogP contribution in [0, 0.1) is 5.41 Å². The SMILES string of the molecule is CCOC(=O)CCNC(=O)CC(N)Cc1ccc(C(=N)N)cc1. The normalized spacial score (nSPS) is 11.6. The van der Waals surface area contributed by atoms with Crippen molar-refractivity contribution in [1.82, 2.24) is 5.32 Å². The summed E-state index contributed by atoms with van der Waals surface area (Å²) in [6, 6.07) is 6.87. The van der Waals surface area contributed by atoms with Gasteiger partial charge in [0.05, 0.1) is 13.0 Å². The Morgan fingerprint density at radius 2 is 1.96 bits per heavy atom. The number of nitrogen functional groups attached to an aromatic ring is 1. The minimum absolute atomic E-state index is 0.0156. The molecule has 1 aromatic rings. The van der Waals surface area contributed by atoms with E-state index in [9.17, 15) is 9.59 Å². The smallest absolute Gasteiger partial charge is 0.307 e. The number of rotatable bonds is 9. The highest BCUT2D eigenvalue weighted by Gasteiger charge is 2.11. The third kappa shape index (κ3) is 7.42. The zero-order valence-electron chi connectivity index (χ0n) is 13.3. The number of ether oxygens (including phenoxy) is 1. The molecule has 0 radical (unpaired) electrons. The van der Waals surface area contributed by atoms with Crippen molar-refractivity contribution in [2.24, 2.45) is 11.5 Å². The van der Waals surface area contributed by atoms with Crippen molar-refractivity contribution in [3.05, 3.63) is 35.4 Å². The molecule has 1 aromatic carbocycles. The summed E-state index contributed by atoms with van der Waals surface area (Å²) in [5.41, 5.74) is 13.0. The first-order valence-electron chi connectivity index (χ1n) is 7.53. The summed E-state index contributed by atoms with van der Waals surface area (Å²) in [4.78, 5) is 22.9. The predicted molar refractivity (Wildman–Crippen MR) is 88.0 cm³/mol. The van der Waals surface area contributed by atoms with Gasteiger partial charge in [0.25, 0.3) is 0 Å². The molecule has 0 bridgehead atoms. The highest BCUT2D eigenvalue weighted by atomic mass is 16.5. The Morgan fingerprint density at radius 3 is 2.52 bits per heavy atom. The molecule has 0 aliphatic carbocycles. The number of carbonyl (C=O) groups excluding carboxylic acids is 2. The van der Waals surface area contributed by atoms with Crippen LogP contribution in [0.4, 0.5) is 0 Å². The Bertz CT molecular complexity index is 543. The van der Waals surface area contributed by atoms with Gasteiger partial charge in [-0.15, -0.1) is 0 Å². The number of amides is 1. The van der Waals surface area contributed by atoms with Gasteiger partial charge in [0.2, 0.25) is 5.91 Å². The van der Waals surface area contributed by atoms with E-state index in [1.165, 1.54) is 0 Å². The minimum atomic E-state index is -0.331. The summed E-state index contributed by atoms with van der Waals surface area (Å²) in [5, 5.41) is 9.98. The fourth-order valence-electron chi connectivity index (χ4n) is 2.04. The van der Waals surface area contributed by atoms with Gasteiger partial charge in [0.1, 0.15) is 5.84 Å². The second-order valence-electron chi connectivity index (χ2n) is 5.18. The summed E-state index contributed by atoms with van der Waals surface area (Å²) in [6.45, 7) is 2.32. The summed E-state index contributed by atoms with van der Waals surface area (Å²) < 4.78 is 4.77. The van der Waals surface area contributed by atoms with Crippen molar-refractivity contribution in [2.75, 3.05) is 13.2 Å². The Kier molecular flexibility index (Phi) is 7.76. The zero-order chi connectivity index (χ0) is 17.2. The first kappa shape index (κ1) is 18.6. The maximum absolute atomic E-state index is 11.7. The molecule has 0 spiro atoms. The fourth-order valence-corrected chi connectivity index (χ4v) is 2.04. The van der Waals surface area contributed by atoms with Crippen LogP contribution in [-0.4, -0.2) is 36.9 Å². The van der Waals surface area contributed by atoms with E-state index in [0.717, 1.165) is 5.56 Å². The van der Waals surface area contributed by atoms with Crippen LogP contribution in [-0.2, 0) is 20.7 Å². The summed E-state index contributed by atoms with van der Waals surface area (Å²) in [6.07, 6.45) is 0.877. The van der Waals surface area contributed by atoms with Gasteiger partial charge in [-0.05, 0) is 18.9 Å². The molecule has 0 aliphatic rings. The number of hydrogen-bond acceptors (Lipinski definition) is 5. The average Bonchev–Trinajstić information content (AvgIpc) is 2.47. The van der Waals surface area contributed by atoms with E-state index >= 15 is 0 Å². The zero-order valence-corrected chi connectivity index (χ0v) is 13.3.